The number of carbonyl (C=O) groups excluding carboxylic acids is 9. The number of carboxylic acids is 1. The SMILES string of the molecule is O=C(O)CCCCCNC(=O)CCC(=O)N[C@@H](CCCCNC(=O)CCCCCNC(=O)CCCCCNC(=O)c1ccc(NNC(=O)C(F)(F)F)nc1)C(=O)NCCCOCCOCCOCCCNC(=O)CCCCC1SC[C@@H]2NC(=O)N[C@H]12. The van der Waals surface area contributed by atoms with Gasteiger partial charge in [0, 0.05) is 108 Å². The Morgan fingerprint density at radius 3 is 1.64 bits per heavy atom. The summed E-state index contributed by atoms with van der Waals surface area (Å²) in [4.78, 5) is 125. The van der Waals surface area contributed by atoms with E-state index in [4.69, 9.17) is 19.3 Å². The summed E-state index contributed by atoms with van der Waals surface area (Å²) in [5.74, 6) is -4.06. The van der Waals surface area contributed by atoms with Crippen molar-refractivity contribution in [2.75, 3.05) is 90.1 Å². The second-order valence-corrected chi connectivity index (χ2v) is 22.1. The van der Waals surface area contributed by atoms with E-state index in [1.54, 1.807) is 0 Å². The third-order valence-corrected chi connectivity index (χ3v) is 15.1. The number of nitrogens with zero attached hydrogens (tertiary/aromatic N) is 1. The third-order valence-electron chi connectivity index (χ3n) is 13.6. The van der Waals surface area contributed by atoms with Crippen LogP contribution in [0, 0.1) is 0 Å². The third kappa shape index (κ3) is 35.8. The van der Waals surface area contributed by atoms with E-state index in [0.717, 1.165) is 37.6 Å². The van der Waals surface area contributed by atoms with E-state index < -0.39 is 35.9 Å². The fourth-order valence-corrected chi connectivity index (χ4v) is 10.4. The van der Waals surface area contributed by atoms with Crippen LogP contribution < -0.4 is 58.7 Å². The van der Waals surface area contributed by atoms with Crippen molar-refractivity contribution in [3.8, 4) is 0 Å². The molecule has 26 nitrogen and oxygen atoms in total. The first-order valence-corrected chi connectivity index (χ1v) is 31.1. The number of anilines is 1. The van der Waals surface area contributed by atoms with Gasteiger partial charge in [-0.3, -0.25) is 54.0 Å². The van der Waals surface area contributed by atoms with Gasteiger partial charge in [0.05, 0.1) is 44.1 Å². The fourth-order valence-electron chi connectivity index (χ4n) is 8.85. The van der Waals surface area contributed by atoms with Crippen LogP contribution in [0.25, 0.3) is 0 Å². The number of carboxylic acid groups (broad SMARTS) is 1. The summed E-state index contributed by atoms with van der Waals surface area (Å²) in [7, 11) is 0. The van der Waals surface area contributed by atoms with Crippen molar-refractivity contribution in [2.45, 2.75) is 177 Å². The van der Waals surface area contributed by atoms with Crippen molar-refractivity contribution in [1.82, 2.24) is 58.3 Å². The number of amides is 10. The molecular weight excluding hydrogens is 1150 g/mol. The van der Waals surface area contributed by atoms with Crippen LogP contribution in [-0.2, 0) is 52.6 Å². The van der Waals surface area contributed by atoms with Crippen molar-refractivity contribution in [2.24, 2.45) is 0 Å². The molecule has 2 fully saturated rings. The van der Waals surface area contributed by atoms with Gasteiger partial charge < -0.3 is 67.2 Å². The van der Waals surface area contributed by atoms with Gasteiger partial charge in [-0.1, -0.05) is 25.7 Å². The molecule has 3 heterocycles. The molecule has 4 atom stereocenters. The summed E-state index contributed by atoms with van der Waals surface area (Å²) < 4.78 is 53.7. The number of urea groups is 1. The van der Waals surface area contributed by atoms with E-state index in [2.05, 4.69) is 52.8 Å². The number of rotatable bonds is 50. The van der Waals surface area contributed by atoms with Crippen molar-refractivity contribution < 1.29 is 80.4 Å². The molecule has 3 rings (SSSR count). The Kier molecular flexibility index (Phi) is 38.4. The summed E-state index contributed by atoms with van der Waals surface area (Å²) in [6, 6.07) is 1.99. The van der Waals surface area contributed by atoms with Crippen molar-refractivity contribution in [1.29, 1.82) is 0 Å². The Bertz CT molecular complexity index is 2230. The zero-order valence-corrected chi connectivity index (χ0v) is 50.1. The molecule has 86 heavy (non-hydrogen) atoms. The molecule has 0 radical (unpaired) electrons. The lowest BCUT2D eigenvalue weighted by Crippen LogP contribution is -2.47. The topological polar surface area (TPSA) is 364 Å². The molecule has 486 valence electrons. The van der Waals surface area contributed by atoms with Crippen LogP contribution in [0.2, 0.25) is 0 Å². The highest BCUT2D eigenvalue weighted by Gasteiger charge is 2.42. The van der Waals surface area contributed by atoms with Gasteiger partial charge in [0.25, 0.3) is 5.91 Å². The first kappa shape index (κ1) is 73.7. The van der Waals surface area contributed by atoms with E-state index in [1.165, 1.54) is 17.6 Å². The van der Waals surface area contributed by atoms with Gasteiger partial charge >= 0.3 is 24.1 Å². The Labute approximate surface area is 505 Å². The van der Waals surface area contributed by atoms with E-state index in [1.807, 2.05) is 17.2 Å². The summed E-state index contributed by atoms with van der Waals surface area (Å²) in [5.41, 5.74) is 3.64. The largest absolute Gasteiger partial charge is 0.481 e. The van der Waals surface area contributed by atoms with Crippen LogP contribution in [0.5, 0.6) is 0 Å². The monoisotopic (exact) mass is 1240 g/mol. The number of alkyl halides is 3. The lowest BCUT2D eigenvalue weighted by molar-refractivity contribution is -0.173. The van der Waals surface area contributed by atoms with Crippen molar-refractivity contribution in [3.63, 3.8) is 0 Å². The number of nitrogens with one attached hydrogen (secondary N) is 11. The first-order valence-electron chi connectivity index (χ1n) is 30.1. The zero-order valence-electron chi connectivity index (χ0n) is 49.2. The standard InChI is InChI=1S/C56H91F3N12O14S/c57-56(58,59)54(81)71-70-44-23-22-40(38-66-44)52(79)64-29-12-2-5-19-45(72)60-26-10-1-4-18-46(73)61-28-13-9-16-41(67-49(76)25-24-48(75)62-27-11-3-6-21-50(77)78)53(80)65-31-15-33-84-35-37-85-36-34-83-32-14-30-63-47(74)20-8-7-17-43-51-42(39-86-43)68-55(82)69-51/h22-23,38,41-43,51H,1-21,24-37,39H2,(H,60,72)(H,61,73)(H,62,75)(H,63,74)(H,64,79)(H,65,80)(H,66,70)(H,67,76)(H,71,81)(H,77,78)(H2,68,69,82)/t41-,42-,43?,51-/m0/s1. The number of ether oxygens (including phenoxy) is 3. The minimum Gasteiger partial charge on any atom is -0.481 e. The number of carbonyl (C=O) groups is 10. The van der Waals surface area contributed by atoms with Crippen LogP contribution >= 0.6 is 11.8 Å². The predicted octanol–water partition coefficient (Wildman–Crippen LogP) is 3.15. The maximum Gasteiger partial charge on any atom is 0.472 e. The van der Waals surface area contributed by atoms with Crippen LogP contribution in [0.1, 0.15) is 158 Å². The maximum atomic E-state index is 13.3. The number of aromatic nitrogens is 1. The molecule has 0 aliphatic carbocycles. The number of unbranched alkanes of at least 4 members (excludes halogenated alkanes) is 8. The van der Waals surface area contributed by atoms with Gasteiger partial charge in [-0.25, -0.2) is 9.78 Å². The number of halogens is 3. The number of hydrazine groups is 1. The quantitative estimate of drug-likeness (QED) is 0.0253. The molecule has 0 saturated carbocycles. The molecule has 30 heteroatoms. The van der Waals surface area contributed by atoms with Crippen molar-refractivity contribution in [3.05, 3.63) is 23.9 Å². The van der Waals surface area contributed by atoms with Crippen LogP contribution in [0.4, 0.5) is 23.8 Å². The zero-order chi connectivity index (χ0) is 62.6. The van der Waals surface area contributed by atoms with Crippen molar-refractivity contribution >= 4 is 76.8 Å². The van der Waals surface area contributed by atoms with E-state index >= 15 is 0 Å². The Balaban J connectivity index is 1.18. The number of fused-ring (bicyclic) bond motifs is 1. The predicted molar refractivity (Wildman–Crippen MR) is 313 cm³/mol. The number of aliphatic carboxylic acids is 1. The van der Waals surface area contributed by atoms with Crippen LogP contribution in [-0.4, -0.2) is 184 Å². The van der Waals surface area contributed by atoms with Gasteiger partial charge in [-0.05, 0) is 95.6 Å². The molecule has 0 spiro atoms. The highest BCUT2D eigenvalue weighted by molar-refractivity contribution is 8.00. The van der Waals surface area contributed by atoms with Crippen LogP contribution in [0.15, 0.2) is 18.3 Å². The van der Waals surface area contributed by atoms with Gasteiger partial charge in [0.2, 0.25) is 35.4 Å². The summed E-state index contributed by atoms with van der Waals surface area (Å²) in [5, 5.41) is 34.8. The minimum absolute atomic E-state index is 0.0250. The number of hydrogen-bond donors (Lipinski definition) is 12. The van der Waals surface area contributed by atoms with E-state index in [-0.39, 0.29) is 78.3 Å². The lowest BCUT2D eigenvalue weighted by Gasteiger charge is -2.19. The number of thioether (sulfide) groups is 1. The summed E-state index contributed by atoms with van der Waals surface area (Å²) in [6.07, 6.45) is 7.93. The second-order valence-electron chi connectivity index (χ2n) is 20.8. The molecule has 1 unspecified atom stereocenters. The van der Waals surface area contributed by atoms with Gasteiger partial charge in [-0.2, -0.15) is 24.9 Å². The highest BCUT2D eigenvalue weighted by Crippen LogP contribution is 2.33. The summed E-state index contributed by atoms with van der Waals surface area (Å²) in [6.45, 7) is 4.68. The normalized spacial score (nSPS) is 15.5. The molecule has 1 aromatic heterocycles. The number of pyridine rings is 1. The van der Waals surface area contributed by atoms with Gasteiger partial charge in [0.15, 0.2) is 0 Å². The molecule has 10 amide bonds. The van der Waals surface area contributed by atoms with Gasteiger partial charge in [-0.15, -0.1) is 0 Å². The minimum atomic E-state index is -5.06. The molecule has 2 saturated heterocycles. The highest BCUT2D eigenvalue weighted by atomic mass is 32.2. The van der Waals surface area contributed by atoms with Crippen LogP contribution in [0.3, 0.4) is 0 Å². The van der Waals surface area contributed by atoms with Gasteiger partial charge in [0.1, 0.15) is 11.9 Å². The Hall–Kier alpha value is -6.53. The Morgan fingerprint density at radius 1 is 0.581 bits per heavy atom. The molecule has 2 aliphatic rings. The maximum absolute atomic E-state index is 13.3. The smallest absolute Gasteiger partial charge is 0.472 e. The first-order chi connectivity index (χ1) is 41.4. The fraction of sp³-hybridized carbons (Fsp3) is 0.732. The molecule has 12 N–H and O–H groups in total. The average molecular weight is 1250 g/mol. The molecular formula is C56H91F3N12O14S. The molecule has 1 aromatic rings. The Morgan fingerprint density at radius 2 is 1.08 bits per heavy atom. The molecule has 0 bridgehead atoms. The van der Waals surface area contributed by atoms with E-state index in [9.17, 15) is 61.1 Å². The second kappa shape index (κ2) is 44.9. The molecule has 0 aromatic carbocycles. The summed E-state index contributed by atoms with van der Waals surface area (Å²) >= 11 is 1.87. The lowest BCUT2D eigenvalue weighted by atomic mass is 10.0. The van der Waals surface area contributed by atoms with E-state index in [0.29, 0.717) is 187 Å². The average Bonchev–Trinajstić information content (AvgIpc) is 3.34. The molecule has 2 aliphatic heterocycles. The number of hydrogen-bond acceptors (Lipinski definition) is 16.